The van der Waals surface area contributed by atoms with E-state index < -0.39 is 23.6 Å². The van der Waals surface area contributed by atoms with Crippen LogP contribution in [0.4, 0.5) is 19.0 Å². The third-order valence-corrected chi connectivity index (χ3v) is 3.99. The number of hydrogen-bond acceptors (Lipinski definition) is 8. The van der Waals surface area contributed by atoms with Gasteiger partial charge in [0.2, 0.25) is 11.6 Å². The average Bonchev–Trinajstić information content (AvgIpc) is 3.22. The number of halogens is 3. The maximum atomic E-state index is 13.5. The second-order valence-electron chi connectivity index (χ2n) is 5.00. The van der Waals surface area contributed by atoms with Gasteiger partial charge in [0.15, 0.2) is 5.69 Å². The number of nitrogens with zero attached hydrogens (tertiary/aromatic N) is 4. The van der Waals surface area contributed by atoms with Gasteiger partial charge in [0.25, 0.3) is 6.43 Å². The van der Waals surface area contributed by atoms with Crippen molar-refractivity contribution in [2.75, 3.05) is 23.9 Å². The third kappa shape index (κ3) is 3.45. The fourth-order valence-corrected chi connectivity index (χ4v) is 2.49. The first kappa shape index (κ1) is 18.0. The summed E-state index contributed by atoms with van der Waals surface area (Å²) >= 11 is 1.60. The first-order valence-electron chi connectivity index (χ1n) is 7.25. The lowest BCUT2D eigenvalue weighted by atomic mass is 10.2. The Morgan fingerprint density at radius 3 is 2.85 bits per heavy atom. The highest BCUT2D eigenvalue weighted by Crippen LogP contribution is 2.27. The average molecular weight is 387 g/mol. The lowest BCUT2D eigenvalue weighted by Gasteiger charge is -2.07. The molecule has 0 atom stereocenters. The number of anilines is 1. The number of rotatable bonds is 7. The molecular weight excluding hydrogens is 375 g/mol. The summed E-state index contributed by atoms with van der Waals surface area (Å²) in [6, 6.07) is 2.83. The number of benzene rings is 1. The Morgan fingerprint density at radius 2 is 2.12 bits per heavy atom. The van der Waals surface area contributed by atoms with E-state index in [1.54, 1.807) is 11.8 Å². The van der Waals surface area contributed by atoms with Crippen molar-refractivity contribution in [3.8, 4) is 17.2 Å². The molecule has 2 aromatic heterocycles. The summed E-state index contributed by atoms with van der Waals surface area (Å²) in [5.41, 5.74) is -0.848. The van der Waals surface area contributed by atoms with Crippen LogP contribution in [0.2, 0.25) is 0 Å². The Balaban J connectivity index is 2.05. The van der Waals surface area contributed by atoms with E-state index in [4.69, 9.17) is 0 Å². The summed E-state index contributed by atoms with van der Waals surface area (Å²) in [5, 5.41) is 13.9. The van der Waals surface area contributed by atoms with Crippen LogP contribution in [0, 0.1) is 5.82 Å². The van der Waals surface area contributed by atoms with Crippen LogP contribution in [0.3, 0.4) is 0 Å². The minimum Gasteiger partial charge on any atom is -0.364 e. The SMILES string of the molecule is CSCCNc1nonc1-c1noc(=O)n1-c1ccc(F)c(C(F)F)c1. The number of nitrogens with one attached hydrogen (secondary N) is 1. The predicted octanol–water partition coefficient (Wildman–Crippen LogP) is 2.73. The molecule has 138 valence electrons. The van der Waals surface area contributed by atoms with Crippen LogP contribution in [0.15, 0.2) is 32.1 Å². The molecule has 0 aliphatic heterocycles. The molecule has 1 aromatic carbocycles. The molecule has 3 aromatic rings. The molecule has 1 N–H and O–H groups in total. The number of aromatic nitrogens is 4. The zero-order chi connectivity index (χ0) is 18.7. The molecule has 0 radical (unpaired) electrons. The number of thioether (sulfide) groups is 1. The van der Waals surface area contributed by atoms with Crippen LogP contribution < -0.4 is 11.1 Å². The molecule has 12 heteroatoms. The zero-order valence-electron chi connectivity index (χ0n) is 13.3. The Kier molecular flexibility index (Phi) is 5.30. The van der Waals surface area contributed by atoms with Crippen LogP contribution in [0.5, 0.6) is 0 Å². The molecule has 0 unspecified atom stereocenters. The molecule has 2 heterocycles. The molecule has 0 bridgehead atoms. The summed E-state index contributed by atoms with van der Waals surface area (Å²) in [5.74, 6) is -1.18. The lowest BCUT2D eigenvalue weighted by molar-refractivity contribution is 0.146. The van der Waals surface area contributed by atoms with E-state index in [9.17, 15) is 18.0 Å². The quantitative estimate of drug-likeness (QED) is 0.618. The van der Waals surface area contributed by atoms with Gasteiger partial charge in [-0.3, -0.25) is 4.52 Å². The fourth-order valence-electron chi connectivity index (χ4n) is 2.19. The Morgan fingerprint density at radius 1 is 1.31 bits per heavy atom. The zero-order valence-corrected chi connectivity index (χ0v) is 14.1. The molecule has 8 nitrogen and oxygen atoms in total. The maximum absolute atomic E-state index is 13.5. The van der Waals surface area contributed by atoms with Gasteiger partial charge in [0.1, 0.15) is 5.82 Å². The van der Waals surface area contributed by atoms with E-state index >= 15 is 0 Å². The van der Waals surface area contributed by atoms with E-state index in [-0.39, 0.29) is 23.0 Å². The van der Waals surface area contributed by atoms with Crippen molar-refractivity contribution >= 4 is 17.6 Å². The van der Waals surface area contributed by atoms with Crippen molar-refractivity contribution < 1.29 is 22.3 Å². The van der Waals surface area contributed by atoms with Gasteiger partial charge in [-0.2, -0.15) is 11.8 Å². The van der Waals surface area contributed by atoms with Crippen molar-refractivity contribution in [2.24, 2.45) is 0 Å². The molecule has 0 fully saturated rings. The highest BCUT2D eigenvalue weighted by molar-refractivity contribution is 7.98. The molecule has 0 saturated heterocycles. The maximum Gasteiger partial charge on any atom is 0.446 e. The van der Waals surface area contributed by atoms with E-state index in [0.29, 0.717) is 6.54 Å². The fraction of sp³-hybridized carbons (Fsp3) is 0.286. The first-order valence-corrected chi connectivity index (χ1v) is 8.64. The molecule has 0 spiro atoms. The van der Waals surface area contributed by atoms with Crippen LogP contribution in [0.1, 0.15) is 12.0 Å². The summed E-state index contributed by atoms with van der Waals surface area (Å²) < 4.78 is 49.6. The normalized spacial score (nSPS) is 11.3. The largest absolute Gasteiger partial charge is 0.446 e. The minimum atomic E-state index is -3.05. The molecular formula is C14H12F3N5O3S. The van der Waals surface area contributed by atoms with Crippen molar-refractivity contribution in [1.29, 1.82) is 0 Å². The minimum absolute atomic E-state index is 0.0546. The van der Waals surface area contributed by atoms with Crippen molar-refractivity contribution in [2.45, 2.75) is 6.43 Å². The monoisotopic (exact) mass is 387 g/mol. The summed E-state index contributed by atoms with van der Waals surface area (Å²) in [4.78, 5) is 12.0. The topological polar surface area (TPSA) is 99.0 Å². The molecule has 26 heavy (non-hydrogen) atoms. The third-order valence-electron chi connectivity index (χ3n) is 3.38. The summed E-state index contributed by atoms with van der Waals surface area (Å²) in [7, 11) is 0. The second-order valence-corrected chi connectivity index (χ2v) is 5.98. The van der Waals surface area contributed by atoms with Crippen molar-refractivity contribution in [3.05, 3.63) is 40.1 Å². The van der Waals surface area contributed by atoms with Gasteiger partial charge in [0.05, 0.1) is 11.3 Å². The predicted molar refractivity (Wildman–Crippen MR) is 87.2 cm³/mol. The number of alkyl halides is 2. The van der Waals surface area contributed by atoms with E-state index in [1.807, 2.05) is 6.26 Å². The first-order chi connectivity index (χ1) is 12.5. The molecule has 0 amide bonds. The van der Waals surface area contributed by atoms with Gasteiger partial charge >= 0.3 is 5.76 Å². The van der Waals surface area contributed by atoms with Crippen LogP contribution >= 0.6 is 11.8 Å². The summed E-state index contributed by atoms with van der Waals surface area (Å²) in [6.45, 7) is 0.538. The molecule has 0 aliphatic carbocycles. The second kappa shape index (κ2) is 7.64. The van der Waals surface area contributed by atoms with Crippen LogP contribution in [-0.4, -0.2) is 38.6 Å². The highest BCUT2D eigenvalue weighted by Gasteiger charge is 2.24. The van der Waals surface area contributed by atoms with E-state index in [1.165, 1.54) is 0 Å². The number of hydrogen-bond donors (Lipinski definition) is 1. The van der Waals surface area contributed by atoms with Gasteiger partial charge in [-0.05, 0) is 34.8 Å². The van der Waals surface area contributed by atoms with Gasteiger partial charge in [0, 0.05) is 12.3 Å². The highest BCUT2D eigenvalue weighted by atomic mass is 32.2. The standard InChI is InChI=1S/C14H12F3N5O3S/c1-26-5-4-18-12-10(19-25-20-12)13-21-24-14(23)22(13)7-2-3-9(15)8(6-7)11(16)17/h2-3,6,11H,4-5H2,1H3,(H,18,20). The van der Waals surface area contributed by atoms with Gasteiger partial charge in [-0.25, -0.2) is 27.2 Å². The van der Waals surface area contributed by atoms with Crippen LogP contribution in [-0.2, 0) is 0 Å². The van der Waals surface area contributed by atoms with E-state index in [2.05, 4.69) is 29.9 Å². The summed E-state index contributed by atoms with van der Waals surface area (Å²) in [6.07, 6.45) is -1.12. The van der Waals surface area contributed by atoms with Gasteiger partial charge in [-0.15, -0.1) is 0 Å². The molecule has 3 rings (SSSR count). The van der Waals surface area contributed by atoms with Crippen molar-refractivity contribution in [3.63, 3.8) is 0 Å². The Labute approximate surface area is 148 Å². The Hall–Kier alpha value is -2.76. The molecule has 0 aliphatic rings. The Bertz CT molecular complexity index is 955. The van der Waals surface area contributed by atoms with Gasteiger partial charge in [-0.1, -0.05) is 5.16 Å². The van der Waals surface area contributed by atoms with E-state index in [0.717, 1.165) is 28.5 Å². The molecule has 0 saturated carbocycles. The smallest absolute Gasteiger partial charge is 0.364 e. The van der Waals surface area contributed by atoms with Crippen LogP contribution in [0.25, 0.3) is 17.2 Å². The van der Waals surface area contributed by atoms with Gasteiger partial charge < -0.3 is 5.32 Å². The van der Waals surface area contributed by atoms with Crippen molar-refractivity contribution in [1.82, 2.24) is 20.0 Å². The lowest BCUT2D eigenvalue weighted by Crippen LogP contribution is -2.14.